The summed E-state index contributed by atoms with van der Waals surface area (Å²) in [7, 11) is 0. The van der Waals surface area contributed by atoms with Crippen LogP contribution < -0.4 is 5.32 Å². The molecule has 25 heavy (non-hydrogen) atoms. The summed E-state index contributed by atoms with van der Waals surface area (Å²) in [6.07, 6.45) is 5.46. The lowest BCUT2D eigenvalue weighted by atomic mass is 9.76. The Balaban J connectivity index is 1.98. The lowest BCUT2D eigenvalue weighted by molar-refractivity contribution is -0.00152. The number of ether oxygens (including phenoxy) is 2. The van der Waals surface area contributed by atoms with Crippen LogP contribution in [0.15, 0.2) is 0 Å². The maximum absolute atomic E-state index is 12.5. The van der Waals surface area contributed by atoms with Gasteiger partial charge in [0.25, 0.3) is 0 Å². The fourth-order valence-electron chi connectivity index (χ4n) is 4.19. The van der Waals surface area contributed by atoms with Crippen LogP contribution in [0.2, 0.25) is 0 Å². The number of nitrogens with zero attached hydrogens (tertiary/aromatic N) is 1. The highest BCUT2D eigenvalue weighted by Gasteiger charge is 2.38. The molecule has 3 atom stereocenters. The van der Waals surface area contributed by atoms with Gasteiger partial charge < -0.3 is 19.7 Å². The largest absolute Gasteiger partial charge is 0.444 e. The first-order valence-electron chi connectivity index (χ1n) is 10.0. The van der Waals surface area contributed by atoms with E-state index in [0.29, 0.717) is 12.0 Å². The first-order chi connectivity index (χ1) is 11.7. The molecule has 0 aromatic heterocycles. The van der Waals surface area contributed by atoms with E-state index in [4.69, 9.17) is 9.47 Å². The zero-order chi connectivity index (χ0) is 18.5. The molecule has 5 heteroatoms. The van der Waals surface area contributed by atoms with E-state index in [9.17, 15) is 4.79 Å². The van der Waals surface area contributed by atoms with Crippen molar-refractivity contribution in [1.82, 2.24) is 10.2 Å². The van der Waals surface area contributed by atoms with E-state index in [1.807, 2.05) is 25.7 Å². The lowest BCUT2D eigenvalue weighted by Gasteiger charge is -2.44. The molecular weight excluding hydrogens is 316 g/mol. The van der Waals surface area contributed by atoms with E-state index in [1.54, 1.807) is 0 Å². The van der Waals surface area contributed by atoms with Crippen molar-refractivity contribution in [2.24, 2.45) is 11.3 Å². The Bertz CT molecular complexity index is 431. The smallest absolute Gasteiger partial charge is 0.410 e. The number of piperidine rings is 1. The molecule has 0 aromatic carbocycles. The molecule has 0 bridgehead atoms. The third kappa shape index (κ3) is 6.14. The van der Waals surface area contributed by atoms with E-state index in [2.05, 4.69) is 19.2 Å². The monoisotopic (exact) mass is 354 g/mol. The topological polar surface area (TPSA) is 50.8 Å². The van der Waals surface area contributed by atoms with Crippen LogP contribution in [-0.2, 0) is 9.47 Å². The number of nitrogens with one attached hydrogen (secondary N) is 1. The summed E-state index contributed by atoms with van der Waals surface area (Å²) >= 11 is 0. The quantitative estimate of drug-likeness (QED) is 0.815. The number of rotatable bonds is 5. The van der Waals surface area contributed by atoms with E-state index in [1.165, 1.54) is 6.42 Å². The molecule has 146 valence electrons. The summed E-state index contributed by atoms with van der Waals surface area (Å²) in [5, 5.41) is 3.82. The zero-order valence-electron chi connectivity index (χ0n) is 16.9. The minimum Gasteiger partial charge on any atom is -0.444 e. The van der Waals surface area contributed by atoms with Crippen molar-refractivity contribution in [3.63, 3.8) is 0 Å². The van der Waals surface area contributed by atoms with Crippen LogP contribution in [-0.4, -0.2) is 55.5 Å². The Labute approximate surface area is 153 Å². The lowest BCUT2D eigenvalue weighted by Crippen LogP contribution is -2.53. The fourth-order valence-corrected chi connectivity index (χ4v) is 4.19. The Hall–Kier alpha value is -0.810. The van der Waals surface area contributed by atoms with Crippen molar-refractivity contribution < 1.29 is 14.3 Å². The minimum absolute atomic E-state index is 0.160. The van der Waals surface area contributed by atoms with Gasteiger partial charge in [0.1, 0.15) is 5.60 Å². The molecule has 2 fully saturated rings. The van der Waals surface area contributed by atoms with E-state index >= 15 is 0 Å². The Morgan fingerprint density at radius 3 is 2.80 bits per heavy atom. The van der Waals surface area contributed by atoms with Gasteiger partial charge in [-0.05, 0) is 52.4 Å². The molecule has 3 unspecified atom stereocenters. The van der Waals surface area contributed by atoms with Gasteiger partial charge >= 0.3 is 6.09 Å². The van der Waals surface area contributed by atoms with Crippen molar-refractivity contribution in [3.8, 4) is 0 Å². The maximum atomic E-state index is 12.5. The van der Waals surface area contributed by atoms with Crippen LogP contribution in [0, 0.1) is 11.3 Å². The highest BCUT2D eigenvalue weighted by Crippen LogP contribution is 2.35. The normalized spacial score (nSPS) is 31.0. The maximum Gasteiger partial charge on any atom is 0.410 e. The molecular formula is C20H38N2O3. The molecule has 0 aliphatic carbocycles. The number of amides is 1. The predicted molar refractivity (Wildman–Crippen MR) is 101 cm³/mol. The Kier molecular flexibility index (Phi) is 7.15. The molecule has 1 N–H and O–H groups in total. The fraction of sp³-hybridized carbons (Fsp3) is 0.950. The second kappa shape index (κ2) is 8.72. The molecule has 0 spiro atoms. The number of carbonyl (C=O) groups is 1. The molecule has 2 saturated heterocycles. The molecule has 0 radical (unpaired) electrons. The Morgan fingerprint density at radius 1 is 1.40 bits per heavy atom. The number of hydrogen-bond donors (Lipinski definition) is 1. The van der Waals surface area contributed by atoms with Gasteiger partial charge in [0.2, 0.25) is 0 Å². The molecule has 1 amide bonds. The van der Waals surface area contributed by atoms with Gasteiger partial charge in [-0.3, -0.25) is 0 Å². The SMILES string of the molecule is CCCC1(CNC2CCOCC2C)CCCN(C(=O)OC(C)(C)C)C1. The standard InChI is InChI=1S/C20H38N2O3/c1-6-9-20(14-21-17-8-12-24-13-16(17)2)10-7-11-22(15-20)18(23)25-19(3,4)5/h16-17,21H,6-15H2,1-5H3. The predicted octanol–water partition coefficient (Wildman–Crippen LogP) is 3.82. The van der Waals surface area contributed by atoms with Gasteiger partial charge in [0.05, 0.1) is 6.61 Å². The van der Waals surface area contributed by atoms with E-state index in [-0.39, 0.29) is 11.5 Å². The first kappa shape index (κ1) is 20.5. The molecule has 2 heterocycles. The molecule has 0 saturated carbocycles. The van der Waals surface area contributed by atoms with Crippen molar-refractivity contribution in [3.05, 3.63) is 0 Å². The number of likely N-dealkylation sites (tertiary alicyclic amines) is 1. The molecule has 5 nitrogen and oxygen atoms in total. The first-order valence-corrected chi connectivity index (χ1v) is 10.0. The molecule has 0 aromatic rings. The zero-order valence-corrected chi connectivity index (χ0v) is 16.9. The van der Waals surface area contributed by atoms with Crippen LogP contribution >= 0.6 is 0 Å². The van der Waals surface area contributed by atoms with Crippen molar-refractivity contribution >= 4 is 6.09 Å². The summed E-state index contributed by atoms with van der Waals surface area (Å²) in [6, 6.07) is 0.527. The second-order valence-electron chi connectivity index (χ2n) is 9.08. The highest BCUT2D eigenvalue weighted by molar-refractivity contribution is 5.68. The van der Waals surface area contributed by atoms with Crippen molar-refractivity contribution in [2.75, 3.05) is 32.8 Å². The molecule has 2 rings (SSSR count). The average molecular weight is 355 g/mol. The van der Waals surface area contributed by atoms with Gasteiger partial charge in [-0.2, -0.15) is 0 Å². The summed E-state index contributed by atoms with van der Waals surface area (Å²) < 4.78 is 11.2. The van der Waals surface area contributed by atoms with Gasteiger partial charge in [-0.15, -0.1) is 0 Å². The molecule has 2 aliphatic heterocycles. The number of carbonyl (C=O) groups excluding carboxylic acids is 1. The van der Waals surface area contributed by atoms with Crippen molar-refractivity contribution in [2.45, 2.75) is 78.4 Å². The van der Waals surface area contributed by atoms with Crippen LogP contribution in [0.25, 0.3) is 0 Å². The van der Waals surface area contributed by atoms with Crippen LogP contribution in [0.5, 0.6) is 0 Å². The third-order valence-corrected chi connectivity index (χ3v) is 5.47. The second-order valence-corrected chi connectivity index (χ2v) is 9.08. The van der Waals surface area contributed by atoms with Crippen LogP contribution in [0.4, 0.5) is 4.79 Å². The van der Waals surface area contributed by atoms with Gasteiger partial charge in [-0.25, -0.2) is 4.79 Å². The van der Waals surface area contributed by atoms with Gasteiger partial charge in [-0.1, -0.05) is 20.3 Å². The third-order valence-electron chi connectivity index (χ3n) is 5.47. The minimum atomic E-state index is -0.433. The molecule has 2 aliphatic rings. The summed E-state index contributed by atoms with van der Waals surface area (Å²) in [5.41, 5.74) is -0.264. The van der Waals surface area contributed by atoms with Crippen molar-refractivity contribution in [1.29, 1.82) is 0 Å². The van der Waals surface area contributed by atoms with E-state index in [0.717, 1.165) is 58.5 Å². The van der Waals surface area contributed by atoms with Crippen LogP contribution in [0.3, 0.4) is 0 Å². The summed E-state index contributed by atoms with van der Waals surface area (Å²) in [5.74, 6) is 0.554. The van der Waals surface area contributed by atoms with E-state index < -0.39 is 5.60 Å². The highest BCUT2D eigenvalue weighted by atomic mass is 16.6. The van der Waals surface area contributed by atoms with Gasteiger partial charge in [0, 0.05) is 37.7 Å². The van der Waals surface area contributed by atoms with Crippen LogP contribution in [0.1, 0.15) is 66.7 Å². The number of hydrogen-bond acceptors (Lipinski definition) is 4. The Morgan fingerprint density at radius 2 is 2.16 bits per heavy atom. The summed E-state index contributed by atoms with van der Waals surface area (Å²) in [4.78, 5) is 14.5. The summed E-state index contributed by atoms with van der Waals surface area (Å²) in [6.45, 7) is 14.6. The average Bonchev–Trinajstić information content (AvgIpc) is 2.53. The van der Waals surface area contributed by atoms with Gasteiger partial charge in [0.15, 0.2) is 0 Å².